The number of benzene rings is 1. The zero-order valence-electron chi connectivity index (χ0n) is 12.6. The zero-order valence-corrected chi connectivity index (χ0v) is 14.2. The van der Waals surface area contributed by atoms with E-state index in [-0.39, 0.29) is 0 Å². The Kier molecular flexibility index (Phi) is 5.69. The summed E-state index contributed by atoms with van der Waals surface area (Å²) in [6.45, 7) is 1.92. The van der Waals surface area contributed by atoms with Crippen molar-refractivity contribution in [2.24, 2.45) is 5.92 Å². The van der Waals surface area contributed by atoms with Gasteiger partial charge in [-0.2, -0.15) is 5.26 Å². The van der Waals surface area contributed by atoms with E-state index in [1.54, 1.807) is 24.3 Å². The van der Waals surface area contributed by atoms with Crippen LogP contribution in [-0.2, 0) is 14.3 Å². The van der Waals surface area contributed by atoms with Crippen LogP contribution in [0.2, 0.25) is 5.02 Å². The number of methoxy groups -OCH3 is 1. The number of halogens is 1. The number of carbonyl (C=O) groups is 2. The average molecular weight is 351 g/mol. The number of amides is 1. The molecule has 2 atom stereocenters. The fourth-order valence-corrected chi connectivity index (χ4v) is 3.41. The van der Waals surface area contributed by atoms with E-state index < -0.39 is 23.7 Å². The fraction of sp³-hybridized carbons (Fsp3) is 0.312. The smallest absolute Gasteiger partial charge is 0.319 e. The number of ether oxygens (including phenoxy) is 1. The van der Waals surface area contributed by atoms with Crippen molar-refractivity contribution in [3.8, 4) is 6.07 Å². The number of allylic oxidation sites excluding steroid dienone is 1. The van der Waals surface area contributed by atoms with Crippen LogP contribution in [0, 0.1) is 17.2 Å². The first-order valence-corrected chi connectivity index (χ1v) is 8.31. The predicted octanol–water partition coefficient (Wildman–Crippen LogP) is 2.83. The van der Waals surface area contributed by atoms with E-state index in [2.05, 4.69) is 11.4 Å². The van der Waals surface area contributed by atoms with Gasteiger partial charge < -0.3 is 10.1 Å². The maximum absolute atomic E-state index is 12.4. The minimum atomic E-state index is -1.10. The van der Waals surface area contributed by atoms with Gasteiger partial charge in [-0.1, -0.05) is 30.7 Å². The molecule has 1 aliphatic rings. The summed E-state index contributed by atoms with van der Waals surface area (Å²) in [6.07, 6.45) is 0. The number of esters is 1. The summed E-state index contributed by atoms with van der Waals surface area (Å²) in [7, 11) is 1.22. The molecule has 0 bridgehead atoms. The largest absolute Gasteiger partial charge is 0.468 e. The Morgan fingerprint density at radius 2 is 2.09 bits per heavy atom. The first-order chi connectivity index (χ1) is 11.0. The molecule has 23 heavy (non-hydrogen) atoms. The van der Waals surface area contributed by atoms with Crippen LogP contribution in [0.25, 0.3) is 0 Å². The lowest BCUT2D eigenvalue weighted by Crippen LogP contribution is -2.44. The van der Waals surface area contributed by atoms with E-state index in [9.17, 15) is 14.9 Å². The van der Waals surface area contributed by atoms with Gasteiger partial charge in [0, 0.05) is 10.9 Å². The fourth-order valence-electron chi connectivity index (χ4n) is 2.49. The minimum Gasteiger partial charge on any atom is -0.468 e. The van der Waals surface area contributed by atoms with Crippen molar-refractivity contribution >= 4 is 35.2 Å². The van der Waals surface area contributed by atoms with Crippen molar-refractivity contribution in [3.05, 3.63) is 45.5 Å². The monoisotopic (exact) mass is 350 g/mol. The topological polar surface area (TPSA) is 79.2 Å². The van der Waals surface area contributed by atoms with Gasteiger partial charge in [0.05, 0.1) is 23.8 Å². The highest BCUT2D eigenvalue weighted by atomic mass is 35.5. The van der Waals surface area contributed by atoms with Crippen molar-refractivity contribution in [3.63, 3.8) is 0 Å². The maximum atomic E-state index is 12.4. The molecule has 0 spiro atoms. The number of hydrogen-bond donors (Lipinski definition) is 1. The molecule has 1 amide bonds. The van der Waals surface area contributed by atoms with E-state index in [4.69, 9.17) is 16.3 Å². The number of thioether (sulfide) groups is 1. The molecule has 0 aromatic heterocycles. The van der Waals surface area contributed by atoms with Crippen LogP contribution in [0.3, 0.4) is 0 Å². The van der Waals surface area contributed by atoms with Crippen LogP contribution < -0.4 is 5.32 Å². The van der Waals surface area contributed by atoms with Gasteiger partial charge in [-0.05, 0) is 23.4 Å². The number of nitrogens with one attached hydrogen (secondary N) is 1. The normalized spacial score (nSPS) is 20.7. The second kappa shape index (κ2) is 7.53. The van der Waals surface area contributed by atoms with E-state index in [1.807, 2.05) is 6.92 Å². The molecule has 0 aliphatic carbocycles. The number of nitrogens with zero attached hydrogens (tertiary/aromatic N) is 1. The summed E-state index contributed by atoms with van der Waals surface area (Å²) in [6, 6.07) is 8.90. The predicted molar refractivity (Wildman–Crippen MR) is 88.6 cm³/mol. The van der Waals surface area contributed by atoms with Gasteiger partial charge in [0.1, 0.15) is 5.92 Å². The van der Waals surface area contributed by atoms with Crippen LogP contribution in [0.5, 0.6) is 0 Å². The van der Waals surface area contributed by atoms with Crippen molar-refractivity contribution in [1.82, 2.24) is 5.32 Å². The molecular formula is C16H15ClN2O3S. The van der Waals surface area contributed by atoms with Crippen LogP contribution in [0.15, 0.2) is 34.9 Å². The lowest BCUT2D eigenvalue weighted by molar-refractivity contribution is -0.150. The van der Waals surface area contributed by atoms with Crippen molar-refractivity contribution < 1.29 is 14.3 Å². The van der Waals surface area contributed by atoms with Gasteiger partial charge in [-0.3, -0.25) is 9.59 Å². The van der Waals surface area contributed by atoms with Crippen LogP contribution >= 0.6 is 23.4 Å². The highest BCUT2D eigenvalue weighted by molar-refractivity contribution is 8.03. The van der Waals surface area contributed by atoms with Gasteiger partial charge in [0.25, 0.3) is 0 Å². The number of hydrogen-bond acceptors (Lipinski definition) is 5. The van der Waals surface area contributed by atoms with Crippen molar-refractivity contribution in [1.29, 1.82) is 5.26 Å². The molecule has 0 unspecified atom stereocenters. The molecule has 1 aliphatic heterocycles. The zero-order chi connectivity index (χ0) is 17.0. The first kappa shape index (κ1) is 17.4. The third-order valence-corrected chi connectivity index (χ3v) is 4.65. The van der Waals surface area contributed by atoms with Crippen molar-refractivity contribution in [2.75, 3.05) is 12.9 Å². The molecule has 1 aromatic carbocycles. The summed E-state index contributed by atoms with van der Waals surface area (Å²) in [5.41, 5.74) is 1.03. The molecule has 1 heterocycles. The van der Waals surface area contributed by atoms with Gasteiger partial charge in [0.2, 0.25) is 5.91 Å². The lowest BCUT2D eigenvalue weighted by atomic mass is 9.78. The summed E-state index contributed by atoms with van der Waals surface area (Å²) >= 11 is 7.26. The Balaban J connectivity index is 2.61. The minimum absolute atomic E-state index is 0.356. The third kappa shape index (κ3) is 3.52. The van der Waals surface area contributed by atoms with Crippen LogP contribution in [0.4, 0.5) is 0 Å². The Hall–Kier alpha value is -1.97. The van der Waals surface area contributed by atoms with E-state index in [0.717, 1.165) is 0 Å². The summed E-state index contributed by atoms with van der Waals surface area (Å²) in [5.74, 6) is -2.23. The van der Waals surface area contributed by atoms with Gasteiger partial charge >= 0.3 is 5.97 Å². The molecule has 1 N–H and O–H groups in total. The standard InChI is InChI=1S/C16H15ClN2O3S/c1-3-23-15-11(8-18)12(9-4-6-10(17)7-5-9)13(14(20)19-15)16(21)22-2/h4-7,12-13H,3H2,1-2H3,(H,19,20)/t12-,13-/m1/s1. The molecule has 1 aromatic rings. The second-order valence-corrected chi connectivity index (χ2v) is 6.52. The highest BCUT2D eigenvalue weighted by Gasteiger charge is 2.44. The number of nitriles is 1. The molecule has 7 heteroatoms. The molecular weight excluding hydrogens is 336 g/mol. The number of carbonyl (C=O) groups excluding carboxylic acids is 2. The van der Waals surface area contributed by atoms with E-state index in [0.29, 0.717) is 26.9 Å². The highest BCUT2D eigenvalue weighted by Crippen LogP contribution is 2.40. The van der Waals surface area contributed by atoms with E-state index >= 15 is 0 Å². The van der Waals surface area contributed by atoms with Gasteiger partial charge in [0.15, 0.2) is 0 Å². The van der Waals surface area contributed by atoms with Gasteiger partial charge in [-0.15, -0.1) is 11.8 Å². The molecule has 0 saturated heterocycles. The van der Waals surface area contributed by atoms with Crippen LogP contribution in [0.1, 0.15) is 18.4 Å². The third-order valence-electron chi connectivity index (χ3n) is 3.50. The Morgan fingerprint density at radius 1 is 1.43 bits per heavy atom. The summed E-state index contributed by atoms with van der Waals surface area (Å²) in [4.78, 5) is 24.5. The first-order valence-electron chi connectivity index (χ1n) is 6.94. The molecule has 0 saturated carbocycles. The lowest BCUT2D eigenvalue weighted by Gasteiger charge is -2.30. The molecule has 0 fully saturated rings. The van der Waals surface area contributed by atoms with Gasteiger partial charge in [-0.25, -0.2) is 0 Å². The molecule has 2 rings (SSSR count). The molecule has 0 radical (unpaired) electrons. The average Bonchev–Trinajstić information content (AvgIpc) is 2.54. The Bertz CT molecular complexity index is 694. The van der Waals surface area contributed by atoms with Crippen molar-refractivity contribution in [2.45, 2.75) is 12.8 Å². The maximum Gasteiger partial charge on any atom is 0.319 e. The molecule has 5 nitrogen and oxygen atoms in total. The summed E-state index contributed by atoms with van der Waals surface area (Å²) in [5, 5.41) is 13.3. The number of rotatable bonds is 4. The molecule has 120 valence electrons. The quantitative estimate of drug-likeness (QED) is 0.667. The summed E-state index contributed by atoms with van der Waals surface area (Å²) < 4.78 is 4.76. The Morgan fingerprint density at radius 3 is 2.61 bits per heavy atom. The Labute approximate surface area is 143 Å². The van der Waals surface area contributed by atoms with Crippen LogP contribution in [-0.4, -0.2) is 24.7 Å². The SMILES string of the molecule is CCSC1=C(C#N)[C@@H](c2ccc(Cl)cc2)[C@@H](C(=O)OC)C(=O)N1. The van der Waals surface area contributed by atoms with E-state index in [1.165, 1.54) is 18.9 Å². The second-order valence-electron chi connectivity index (χ2n) is 4.81.